The van der Waals surface area contributed by atoms with E-state index in [2.05, 4.69) is 36.8 Å². The molecule has 0 aromatic carbocycles. The molecule has 204 valence electrons. The number of rotatable bonds is 7. The smallest absolute Gasteiger partial charge is 0.259 e. The fourth-order valence-electron chi connectivity index (χ4n) is 6.53. The van der Waals surface area contributed by atoms with E-state index >= 15 is 0 Å². The molecule has 0 bridgehead atoms. The molecule has 0 saturated carbocycles. The minimum atomic E-state index is -0.261. The predicted molar refractivity (Wildman–Crippen MR) is 144 cm³/mol. The average Bonchev–Trinajstić information content (AvgIpc) is 3.72. The van der Waals surface area contributed by atoms with E-state index in [9.17, 15) is 4.79 Å². The van der Waals surface area contributed by atoms with E-state index in [1.54, 1.807) is 18.4 Å². The number of nitrogens with two attached hydrogens (primary N) is 1. The summed E-state index contributed by atoms with van der Waals surface area (Å²) in [5, 5.41) is 4.38. The molecule has 3 aliphatic heterocycles. The van der Waals surface area contributed by atoms with Gasteiger partial charge in [-0.05, 0) is 88.5 Å². The third kappa shape index (κ3) is 4.95. The van der Waals surface area contributed by atoms with Crippen LogP contribution < -0.4 is 10.6 Å². The number of fused-ring (bicyclic) bond motifs is 1. The molecular weight excluding hydrogens is 482 g/mol. The number of anilines is 2. The first-order valence-corrected chi connectivity index (χ1v) is 14.3. The van der Waals surface area contributed by atoms with Crippen molar-refractivity contribution in [1.82, 2.24) is 34.4 Å². The van der Waals surface area contributed by atoms with Crippen molar-refractivity contribution in [3.63, 3.8) is 0 Å². The average molecular weight is 522 g/mol. The molecule has 0 spiro atoms. The van der Waals surface area contributed by atoms with Crippen LogP contribution in [0.1, 0.15) is 58.3 Å². The van der Waals surface area contributed by atoms with Gasteiger partial charge in [0.05, 0.1) is 6.26 Å². The van der Waals surface area contributed by atoms with Gasteiger partial charge in [0.25, 0.3) is 5.78 Å². The van der Waals surface area contributed by atoms with Crippen LogP contribution in [-0.4, -0.2) is 85.6 Å². The van der Waals surface area contributed by atoms with E-state index in [0.29, 0.717) is 23.3 Å². The van der Waals surface area contributed by atoms with Gasteiger partial charge in [0, 0.05) is 19.6 Å². The van der Waals surface area contributed by atoms with Crippen molar-refractivity contribution >= 4 is 23.6 Å². The Kier molecular flexibility index (Phi) is 7.18. The Morgan fingerprint density at radius 2 is 1.79 bits per heavy atom. The number of likely N-dealkylation sites (tertiary alicyclic amines) is 2. The number of nitrogens with zero attached hydrogens (tertiary/aromatic N) is 8. The molecule has 0 unspecified atom stereocenters. The number of hydrogen-bond acceptors (Lipinski definition) is 9. The highest BCUT2D eigenvalue weighted by atomic mass is 16.3. The lowest BCUT2D eigenvalue weighted by atomic mass is 9.78. The lowest BCUT2D eigenvalue weighted by molar-refractivity contribution is -0.134. The Labute approximate surface area is 223 Å². The number of carbonyl (C=O) groups excluding carboxylic acids is 1. The zero-order chi connectivity index (χ0) is 26.1. The number of carbonyl (C=O) groups is 1. The van der Waals surface area contributed by atoms with E-state index in [1.807, 2.05) is 4.90 Å². The molecule has 6 rings (SSSR count). The van der Waals surface area contributed by atoms with Gasteiger partial charge in [-0.1, -0.05) is 13.3 Å². The van der Waals surface area contributed by atoms with Gasteiger partial charge in [-0.15, -0.1) is 5.10 Å². The van der Waals surface area contributed by atoms with Crippen LogP contribution in [0.15, 0.2) is 22.8 Å². The van der Waals surface area contributed by atoms with Crippen molar-refractivity contribution < 1.29 is 9.21 Å². The first-order valence-electron chi connectivity index (χ1n) is 14.3. The Hall–Kier alpha value is -3.21. The summed E-state index contributed by atoms with van der Waals surface area (Å²) in [4.78, 5) is 34.0. The van der Waals surface area contributed by atoms with E-state index in [0.717, 1.165) is 57.2 Å². The van der Waals surface area contributed by atoms with Crippen molar-refractivity contribution in [2.75, 3.05) is 49.9 Å². The first kappa shape index (κ1) is 25.1. The summed E-state index contributed by atoms with van der Waals surface area (Å²) in [7, 11) is 0. The first-order chi connectivity index (χ1) is 18.6. The Morgan fingerprint density at radius 3 is 2.50 bits per heavy atom. The molecule has 0 aliphatic carbocycles. The highest BCUT2D eigenvalue weighted by Crippen LogP contribution is 2.34. The number of nitrogen functional groups attached to an aromatic ring is 1. The SMILES string of the molecule is CCCCN1CCC(C2CCN(C(=O)[C@@H]3CCCN3c3nc(N)n4nc(-c5ccco5)nc4n3)CC2)CC1. The van der Waals surface area contributed by atoms with Crippen LogP contribution >= 0.6 is 0 Å². The number of piperidine rings is 2. The van der Waals surface area contributed by atoms with E-state index in [4.69, 9.17) is 10.2 Å². The van der Waals surface area contributed by atoms with Gasteiger partial charge in [-0.3, -0.25) is 4.79 Å². The van der Waals surface area contributed by atoms with E-state index < -0.39 is 0 Å². The van der Waals surface area contributed by atoms with Gasteiger partial charge in [-0.25, -0.2) is 0 Å². The van der Waals surface area contributed by atoms with Crippen LogP contribution in [0.4, 0.5) is 11.9 Å². The summed E-state index contributed by atoms with van der Waals surface area (Å²) in [6, 6.07) is 3.30. The van der Waals surface area contributed by atoms with Gasteiger partial charge in [-0.2, -0.15) is 19.5 Å². The molecule has 2 N–H and O–H groups in total. The second-order valence-electron chi connectivity index (χ2n) is 11.1. The Bertz CT molecular complexity index is 1230. The third-order valence-electron chi connectivity index (χ3n) is 8.74. The highest BCUT2D eigenvalue weighted by Gasteiger charge is 2.38. The van der Waals surface area contributed by atoms with Crippen LogP contribution in [0.2, 0.25) is 0 Å². The topological polar surface area (TPSA) is 122 Å². The molecule has 6 heterocycles. The molecule has 3 saturated heterocycles. The second-order valence-corrected chi connectivity index (χ2v) is 11.1. The van der Waals surface area contributed by atoms with Crippen LogP contribution in [0.5, 0.6) is 0 Å². The molecule has 1 atom stereocenters. The van der Waals surface area contributed by atoms with Crippen LogP contribution in [0, 0.1) is 11.8 Å². The third-order valence-corrected chi connectivity index (χ3v) is 8.74. The van der Waals surface area contributed by atoms with Gasteiger partial charge in [0.15, 0.2) is 5.76 Å². The van der Waals surface area contributed by atoms with Gasteiger partial charge in [0.2, 0.25) is 23.6 Å². The van der Waals surface area contributed by atoms with Gasteiger partial charge < -0.3 is 24.9 Å². The summed E-state index contributed by atoms with van der Waals surface area (Å²) in [5.41, 5.74) is 6.23. The molecule has 3 aromatic rings. The Balaban J connectivity index is 1.09. The van der Waals surface area contributed by atoms with E-state index in [1.165, 1.54) is 49.8 Å². The number of hydrogen-bond donors (Lipinski definition) is 1. The summed E-state index contributed by atoms with van der Waals surface area (Å²) >= 11 is 0. The Morgan fingerprint density at radius 1 is 1.03 bits per heavy atom. The number of unbranched alkanes of at least 4 members (excludes halogenated alkanes) is 1. The number of aromatic nitrogens is 5. The molecule has 1 amide bonds. The van der Waals surface area contributed by atoms with Crippen LogP contribution in [0.25, 0.3) is 17.4 Å². The summed E-state index contributed by atoms with van der Waals surface area (Å²) in [5.74, 6) is 3.66. The molecule has 11 heteroatoms. The standard InChI is InChI=1S/C27H39N9O2/c1-2-3-12-33-14-8-19(9-15-33)20-10-16-34(17-11-20)24(37)21-6-4-13-35(21)26-30-25(28)36-27(31-26)29-23(32-36)22-7-5-18-38-22/h5,7,18-21H,2-4,6,8-17H2,1H3,(H2,28,29,30,31,32)/t21-/m0/s1. The summed E-state index contributed by atoms with van der Waals surface area (Å²) < 4.78 is 6.82. The molecule has 3 aromatic heterocycles. The van der Waals surface area contributed by atoms with Crippen molar-refractivity contribution in [1.29, 1.82) is 0 Å². The number of amides is 1. The van der Waals surface area contributed by atoms with Gasteiger partial charge in [0.1, 0.15) is 6.04 Å². The number of furan rings is 1. The quantitative estimate of drug-likeness (QED) is 0.500. The fraction of sp³-hybridized carbons (Fsp3) is 0.667. The zero-order valence-corrected chi connectivity index (χ0v) is 22.3. The second kappa shape index (κ2) is 10.9. The molecule has 11 nitrogen and oxygen atoms in total. The minimum Gasteiger partial charge on any atom is -0.461 e. The van der Waals surface area contributed by atoms with Crippen molar-refractivity contribution in [2.45, 2.75) is 64.3 Å². The van der Waals surface area contributed by atoms with Crippen molar-refractivity contribution in [3.05, 3.63) is 18.4 Å². The maximum absolute atomic E-state index is 13.7. The normalized spacial score (nSPS) is 22.1. The molecule has 3 fully saturated rings. The van der Waals surface area contributed by atoms with Gasteiger partial charge >= 0.3 is 0 Å². The molecule has 38 heavy (non-hydrogen) atoms. The monoisotopic (exact) mass is 521 g/mol. The largest absolute Gasteiger partial charge is 0.461 e. The van der Waals surface area contributed by atoms with E-state index in [-0.39, 0.29) is 17.9 Å². The minimum absolute atomic E-state index is 0.190. The molecule has 0 radical (unpaired) electrons. The molecular formula is C27H39N9O2. The van der Waals surface area contributed by atoms with Crippen LogP contribution in [0.3, 0.4) is 0 Å². The maximum atomic E-state index is 13.7. The van der Waals surface area contributed by atoms with Crippen molar-refractivity contribution in [2.24, 2.45) is 11.8 Å². The highest BCUT2D eigenvalue weighted by molar-refractivity contribution is 5.85. The predicted octanol–water partition coefficient (Wildman–Crippen LogP) is 3.08. The summed E-state index contributed by atoms with van der Waals surface area (Å²) in [6.45, 7) is 8.41. The van der Waals surface area contributed by atoms with Crippen molar-refractivity contribution in [3.8, 4) is 11.6 Å². The maximum Gasteiger partial charge on any atom is 0.259 e. The lowest BCUT2D eigenvalue weighted by Crippen LogP contribution is -2.50. The molecule has 3 aliphatic rings. The van der Waals surface area contributed by atoms with Crippen LogP contribution in [-0.2, 0) is 4.79 Å². The fourth-order valence-corrected chi connectivity index (χ4v) is 6.53. The lowest BCUT2D eigenvalue weighted by Gasteiger charge is -2.41. The zero-order valence-electron chi connectivity index (χ0n) is 22.3. The summed E-state index contributed by atoms with van der Waals surface area (Å²) in [6.07, 6.45) is 10.7.